The van der Waals surface area contributed by atoms with Gasteiger partial charge in [-0.25, -0.2) is 13.1 Å². The van der Waals surface area contributed by atoms with E-state index in [9.17, 15) is 8.42 Å². The van der Waals surface area contributed by atoms with Gasteiger partial charge in [-0.3, -0.25) is 0 Å². The third-order valence-corrected chi connectivity index (χ3v) is 3.60. The van der Waals surface area contributed by atoms with Crippen LogP contribution in [-0.2, 0) is 10.0 Å². The maximum absolute atomic E-state index is 11.4. The lowest BCUT2D eigenvalue weighted by Gasteiger charge is -2.06. The first-order valence-electron chi connectivity index (χ1n) is 5.26. The fourth-order valence-corrected chi connectivity index (χ4v) is 1.90. The highest BCUT2D eigenvalue weighted by atomic mass is 32.2. The first kappa shape index (κ1) is 13.0. The van der Waals surface area contributed by atoms with Gasteiger partial charge in [-0.05, 0) is 37.7 Å². The fourth-order valence-electron chi connectivity index (χ4n) is 1.17. The Hall–Kier alpha value is -1.07. The summed E-state index contributed by atoms with van der Waals surface area (Å²) in [4.78, 5) is 0.248. The number of sulfonamides is 1. The van der Waals surface area contributed by atoms with Gasteiger partial charge in [-0.2, -0.15) is 0 Å². The van der Waals surface area contributed by atoms with Crippen molar-refractivity contribution in [2.75, 3.05) is 13.7 Å². The molecule has 0 aliphatic carbocycles. The molecule has 0 aliphatic heterocycles. The molecule has 4 nitrogen and oxygen atoms in total. The molecule has 0 unspecified atom stereocenters. The minimum absolute atomic E-state index is 0.248. The molecule has 0 aliphatic rings. The van der Waals surface area contributed by atoms with Crippen LogP contribution in [0.5, 0.6) is 5.75 Å². The van der Waals surface area contributed by atoms with Crippen LogP contribution >= 0.6 is 0 Å². The van der Waals surface area contributed by atoms with Crippen molar-refractivity contribution in [3.05, 3.63) is 24.3 Å². The van der Waals surface area contributed by atoms with E-state index in [1.165, 1.54) is 19.2 Å². The molecule has 0 heterocycles. The van der Waals surface area contributed by atoms with E-state index < -0.39 is 10.0 Å². The van der Waals surface area contributed by atoms with Gasteiger partial charge < -0.3 is 4.74 Å². The summed E-state index contributed by atoms with van der Waals surface area (Å²) in [5.74, 6) is 0.698. The molecule has 0 bridgehead atoms. The highest BCUT2D eigenvalue weighted by Crippen LogP contribution is 2.15. The molecular formula is C11H17NO3S. The molecule has 0 spiro atoms. The van der Waals surface area contributed by atoms with Crippen molar-refractivity contribution in [3.8, 4) is 5.75 Å². The molecule has 0 saturated carbocycles. The lowest BCUT2D eigenvalue weighted by molar-refractivity contribution is 0.309. The average molecular weight is 243 g/mol. The zero-order valence-corrected chi connectivity index (χ0v) is 10.4. The molecular weight excluding hydrogens is 226 g/mol. The number of hydrogen-bond acceptors (Lipinski definition) is 3. The summed E-state index contributed by atoms with van der Waals surface area (Å²) < 4.78 is 30.5. The number of nitrogens with one attached hydrogen (secondary N) is 1. The van der Waals surface area contributed by atoms with E-state index in [1.54, 1.807) is 12.1 Å². The van der Waals surface area contributed by atoms with E-state index >= 15 is 0 Å². The van der Waals surface area contributed by atoms with E-state index in [1.807, 2.05) is 0 Å². The van der Waals surface area contributed by atoms with Crippen molar-refractivity contribution in [3.63, 3.8) is 0 Å². The third-order valence-electron chi connectivity index (χ3n) is 2.17. The van der Waals surface area contributed by atoms with Gasteiger partial charge in [0, 0.05) is 0 Å². The standard InChI is InChI=1S/C11H17NO3S/c1-3-4-9-15-10-5-7-11(8-6-10)16(13,14)12-2/h5-8,12H,3-4,9H2,1-2H3. The van der Waals surface area contributed by atoms with Gasteiger partial charge >= 0.3 is 0 Å². The van der Waals surface area contributed by atoms with Gasteiger partial charge in [0.25, 0.3) is 0 Å². The molecule has 1 aromatic carbocycles. The summed E-state index contributed by atoms with van der Waals surface area (Å²) in [5, 5.41) is 0. The first-order valence-corrected chi connectivity index (χ1v) is 6.75. The quantitative estimate of drug-likeness (QED) is 0.775. The second kappa shape index (κ2) is 5.86. The van der Waals surface area contributed by atoms with Gasteiger partial charge in [0.1, 0.15) is 5.75 Å². The van der Waals surface area contributed by atoms with Crippen LogP contribution in [0, 0.1) is 0 Å². The van der Waals surface area contributed by atoms with Crippen LogP contribution in [0.2, 0.25) is 0 Å². The number of unbranched alkanes of at least 4 members (excludes halogenated alkanes) is 1. The first-order chi connectivity index (χ1) is 7.60. The van der Waals surface area contributed by atoms with Crippen LogP contribution in [-0.4, -0.2) is 22.1 Å². The monoisotopic (exact) mass is 243 g/mol. The maximum Gasteiger partial charge on any atom is 0.240 e. The number of benzene rings is 1. The van der Waals surface area contributed by atoms with E-state index in [0.717, 1.165) is 12.8 Å². The Morgan fingerprint density at radius 3 is 2.38 bits per heavy atom. The summed E-state index contributed by atoms with van der Waals surface area (Å²) in [6, 6.07) is 6.40. The molecule has 16 heavy (non-hydrogen) atoms. The zero-order chi connectivity index (χ0) is 12.0. The molecule has 0 saturated heterocycles. The molecule has 0 fully saturated rings. The largest absolute Gasteiger partial charge is 0.494 e. The Morgan fingerprint density at radius 1 is 1.25 bits per heavy atom. The summed E-state index contributed by atoms with van der Waals surface area (Å²) >= 11 is 0. The maximum atomic E-state index is 11.4. The second-order valence-corrected chi connectivity index (χ2v) is 5.27. The summed E-state index contributed by atoms with van der Waals surface area (Å²) in [6.07, 6.45) is 2.07. The van der Waals surface area contributed by atoms with Crippen LogP contribution in [0.25, 0.3) is 0 Å². The number of ether oxygens (including phenoxy) is 1. The normalized spacial score (nSPS) is 11.4. The van der Waals surface area contributed by atoms with Crippen molar-refractivity contribution in [1.29, 1.82) is 0 Å². The van der Waals surface area contributed by atoms with E-state index in [-0.39, 0.29) is 4.90 Å². The zero-order valence-electron chi connectivity index (χ0n) is 9.56. The lowest BCUT2D eigenvalue weighted by Crippen LogP contribution is -2.18. The minimum atomic E-state index is -3.35. The summed E-state index contributed by atoms with van der Waals surface area (Å²) in [7, 11) is -1.96. The van der Waals surface area contributed by atoms with E-state index in [2.05, 4.69) is 11.6 Å². The molecule has 90 valence electrons. The Bertz CT molecular complexity index is 411. The smallest absolute Gasteiger partial charge is 0.240 e. The summed E-state index contributed by atoms with van der Waals surface area (Å²) in [5.41, 5.74) is 0. The van der Waals surface area contributed by atoms with Crippen LogP contribution in [0.15, 0.2) is 29.2 Å². The lowest BCUT2D eigenvalue weighted by atomic mass is 10.3. The molecule has 0 amide bonds. The molecule has 5 heteroatoms. The van der Waals surface area contributed by atoms with Gasteiger partial charge in [-0.1, -0.05) is 13.3 Å². The highest BCUT2D eigenvalue weighted by Gasteiger charge is 2.10. The van der Waals surface area contributed by atoms with Crippen LogP contribution in [0.1, 0.15) is 19.8 Å². The van der Waals surface area contributed by atoms with E-state index in [0.29, 0.717) is 12.4 Å². The third kappa shape index (κ3) is 3.50. The Labute approximate surface area is 96.7 Å². The Balaban J connectivity index is 2.68. The van der Waals surface area contributed by atoms with Gasteiger partial charge in [0.2, 0.25) is 10.0 Å². The summed E-state index contributed by atoms with van der Waals surface area (Å²) in [6.45, 7) is 2.75. The Kier molecular flexibility index (Phi) is 4.76. The van der Waals surface area contributed by atoms with E-state index in [4.69, 9.17) is 4.74 Å². The topological polar surface area (TPSA) is 55.4 Å². The van der Waals surface area contributed by atoms with Crippen molar-refractivity contribution in [1.82, 2.24) is 4.72 Å². The van der Waals surface area contributed by atoms with Crippen LogP contribution < -0.4 is 9.46 Å². The molecule has 1 N–H and O–H groups in total. The Morgan fingerprint density at radius 2 is 1.88 bits per heavy atom. The van der Waals surface area contributed by atoms with Gasteiger partial charge in [-0.15, -0.1) is 0 Å². The van der Waals surface area contributed by atoms with Crippen molar-refractivity contribution >= 4 is 10.0 Å². The number of hydrogen-bond donors (Lipinski definition) is 1. The van der Waals surface area contributed by atoms with Crippen molar-refractivity contribution in [2.45, 2.75) is 24.7 Å². The molecule has 1 rings (SSSR count). The SMILES string of the molecule is CCCCOc1ccc(S(=O)(=O)NC)cc1. The predicted molar refractivity (Wildman–Crippen MR) is 63.1 cm³/mol. The molecule has 1 aromatic rings. The van der Waals surface area contributed by atoms with Crippen LogP contribution in [0.3, 0.4) is 0 Å². The fraction of sp³-hybridized carbons (Fsp3) is 0.455. The van der Waals surface area contributed by atoms with Crippen molar-refractivity contribution < 1.29 is 13.2 Å². The number of rotatable bonds is 6. The molecule has 0 aromatic heterocycles. The van der Waals surface area contributed by atoms with Crippen molar-refractivity contribution in [2.24, 2.45) is 0 Å². The molecule has 0 radical (unpaired) electrons. The molecule has 0 atom stereocenters. The van der Waals surface area contributed by atoms with Crippen LogP contribution in [0.4, 0.5) is 0 Å². The van der Waals surface area contributed by atoms with Gasteiger partial charge in [0.15, 0.2) is 0 Å². The average Bonchev–Trinajstić information content (AvgIpc) is 2.30. The highest BCUT2D eigenvalue weighted by molar-refractivity contribution is 7.89. The minimum Gasteiger partial charge on any atom is -0.494 e. The predicted octanol–water partition coefficient (Wildman–Crippen LogP) is 1.77. The second-order valence-electron chi connectivity index (χ2n) is 3.38. The van der Waals surface area contributed by atoms with Gasteiger partial charge in [0.05, 0.1) is 11.5 Å².